The Kier molecular flexibility index (Phi) is 4.78. The third kappa shape index (κ3) is 2.51. The van der Waals surface area contributed by atoms with Crippen LogP contribution >= 0.6 is 0 Å². The molecule has 1 aliphatic rings. The molecule has 0 bridgehead atoms. The molecule has 0 aliphatic carbocycles. The molecule has 1 saturated heterocycles. The Labute approximate surface area is 115 Å². The standard InChI is InChI=1S/C15H22N2O2/c1-8-10-11-13(4)16(5)15-14(12(3)9-2)17(15,18-6)19-7/h8-11,14-15H,1-5H2,6-7H3/q+2/b11-10-. The van der Waals surface area contributed by atoms with Crippen LogP contribution in [0.2, 0.25) is 0 Å². The minimum Gasteiger partial charge on any atom is -0.164 e. The van der Waals surface area contributed by atoms with Crippen LogP contribution in [0.25, 0.3) is 0 Å². The molecule has 0 spiro atoms. The van der Waals surface area contributed by atoms with Crippen LogP contribution in [-0.4, -0.2) is 42.5 Å². The fourth-order valence-electron chi connectivity index (χ4n) is 2.16. The first-order valence-corrected chi connectivity index (χ1v) is 5.89. The van der Waals surface area contributed by atoms with Gasteiger partial charge in [-0.3, -0.25) is 0 Å². The van der Waals surface area contributed by atoms with Gasteiger partial charge in [-0.1, -0.05) is 38.0 Å². The van der Waals surface area contributed by atoms with Crippen molar-refractivity contribution in [3.63, 3.8) is 0 Å². The molecule has 0 amide bonds. The highest BCUT2D eigenvalue weighted by Crippen LogP contribution is 2.45. The van der Waals surface area contributed by atoms with Gasteiger partial charge < -0.3 is 0 Å². The van der Waals surface area contributed by atoms with E-state index in [0.717, 1.165) is 11.3 Å². The molecule has 1 heterocycles. The summed E-state index contributed by atoms with van der Waals surface area (Å²) in [5, 5.41) is 0. The molecule has 0 radical (unpaired) electrons. The average Bonchev–Trinajstić information content (AvgIpc) is 3.12. The number of nitrogens with zero attached hydrogens (tertiary/aromatic N) is 2. The Balaban J connectivity index is 2.98. The third-order valence-electron chi connectivity index (χ3n) is 3.27. The lowest BCUT2D eigenvalue weighted by molar-refractivity contribution is -1.19. The Morgan fingerprint density at radius 2 is 1.79 bits per heavy atom. The summed E-state index contributed by atoms with van der Waals surface area (Å²) in [5.41, 5.74) is 1.57. The lowest BCUT2D eigenvalue weighted by atomic mass is 10.2. The summed E-state index contributed by atoms with van der Waals surface area (Å²) in [5.74, 6) is 0. The maximum absolute atomic E-state index is 5.46. The van der Waals surface area contributed by atoms with Gasteiger partial charge in [0.2, 0.25) is 5.70 Å². The normalized spacial score (nSPS) is 23.9. The highest BCUT2D eigenvalue weighted by molar-refractivity contribution is 5.26. The van der Waals surface area contributed by atoms with Crippen molar-refractivity contribution in [2.24, 2.45) is 0 Å². The predicted molar refractivity (Wildman–Crippen MR) is 77.0 cm³/mol. The molecule has 4 nitrogen and oxygen atoms in total. The molecule has 19 heavy (non-hydrogen) atoms. The number of allylic oxidation sites excluding steroid dienone is 3. The van der Waals surface area contributed by atoms with Crippen molar-refractivity contribution in [2.75, 3.05) is 14.2 Å². The van der Waals surface area contributed by atoms with E-state index in [1.807, 2.05) is 6.08 Å². The molecule has 0 saturated carbocycles. The van der Waals surface area contributed by atoms with E-state index in [9.17, 15) is 0 Å². The van der Waals surface area contributed by atoms with Crippen molar-refractivity contribution < 1.29 is 19.1 Å². The number of hydrogen-bond donors (Lipinski definition) is 0. The SMILES string of the molecule is C=C/C=C\C(=C)[N+](=C)C1C(C(=C)C=C)[N+]1(OC)OC. The molecular formula is C15H22N2O2+2. The summed E-state index contributed by atoms with van der Waals surface area (Å²) >= 11 is 0. The van der Waals surface area contributed by atoms with Crippen LogP contribution in [0.15, 0.2) is 61.9 Å². The quantitative estimate of drug-likeness (QED) is 0.220. The van der Waals surface area contributed by atoms with E-state index < -0.39 is 0 Å². The summed E-state index contributed by atoms with van der Waals surface area (Å²) in [4.78, 5) is 10.9. The average molecular weight is 262 g/mol. The third-order valence-corrected chi connectivity index (χ3v) is 3.27. The van der Waals surface area contributed by atoms with Crippen LogP contribution in [0.1, 0.15) is 0 Å². The van der Waals surface area contributed by atoms with Crippen LogP contribution in [0, 0.1) is 0 Å². The first kappa shape index (κ1) is 15.3. The summed E-state index contributed by atoms with van der Waals surface area (Å²) in [6.07, 6.45) is 6.87. The van der Waals surface area contributed by atoms with Crippen molar-refractivity contribution in [3.05, 3.63) is 61.9 Å². The Morgan fingerprint density at radius 1 is 1.21 bits per heavy atom. The maximum Gasteiger partial charge on any atom is 0.408 e. The Hall–Kier alpha value is -1.75. The lowest BCUT2D eigenvalue weighted by Gasteiger charge is -2.09. The van der Waals surface area contributed by atoms with Crippen LogP contribution in [0.5, 0.6) is 0 Å². The molecule has 1 aliphatic heterocycles. The van der Waals surface area contributed by atoms with Gasteiger partial charge in [0.05, 0.1) is 14.2 Å². The molecular weight excluding hydrogens is 240 g/mol. The Morgan fingerprint density at radius 3 is 2.21 bits per heavy atom. The van der Waals surface area contributed by atoms with Gasteiger partial charge in [-0.05, 0) is 6.58 Å². The molecule has 1 fully saturated rings. The summed E-state index contributed by atoms with van der Waals surface area (Å²) in [7, 11) is 3.17. The largest absolute Gasteiger partial charge is 0.408 e. The molecule has 4 heteroatoms. The smallest absolute Gasteiger partial charge is 0.164 e. The van der Waals surface area contributed by atoms with E-state index in [4.69, 9.17) is 9.68 Å². The molecule has 0 aromatic heterocycles. The first-order valence-electron chi connectivity index (χ1n) is 5.89. The fourth-order valence-corrected chi connectivity index (χ4v) is 2.16. The summed E-state index contributed by atoms with van der Waals surface area (Å²) in [6, 6.07) is -0.0705. The second kappa shape index (κ2) is 5.93. The minimum absolute atomic E-state index is 0.0185. The number of quaternary nitrogens is 1. The van der Waals surface area contributed by atoms with Gasteiger partial charge >= 0.3 is 12.2 Å². The second-order valence-corrected chi connectivity index (χ2v) is 4.20. The number of hydrogen-bond acceptors (Lipinski definition) is 2. The summed E-state index contributed by atoms with van der Waals surface area (Å²) in [6.45, 7) is 19.3. The zero-order valence-electron chi connectivity index (χ0n) is 11.7. The monoisotopic (exact) mass is 262 g/mol. The molecule has 0 aromatic carbocycles. The van der Waals surface area contributed by atoms with Gasteiger partial charge in [0.1, 0.15) is 6.72 Å². The van der Waals surface area contributed by atoms with Crippen LogP contribution in [0.4, 0.5) is 0 Å². The van der Waals surface area contributed by atoms with Gasteiger partial charge in [-0.2, -0.15) is 9.68 Å². The molecule has 102 valence electrons. The van der Waals surface area contributed by atoms with Crippen molar-refractivity contribution in [1.82, 2.24) is 0 Å². The maximum atomic E-state index is 5.46. The molecule has 1 rings (SSSR count). The van der Waals surface area contributed by atoms with E-state index in [1.54, 1.807) is 37.0 Å². The zero-order chi connectivity index (χ0) is 14.6. The minimum atomic E-state index is -0.137. The molecule has 2 atom stereocenters. The number of hydroxylamine groups is 4. The van der Waals surface area contributed by atoms with Crippen molar-refractivity contribution in [3.8, 4) is 0 Å². The van der Waals surface area contributed by atoms with Crippen LogP contribution < -0.4 is 0 Å². The van der Waals surface area contributed by atoms with Gasteiger partial charge in [-0.25, -0.2) is 0 Å². The summed E-state index contributed by atoms with van der Waals surface area (Å²) < 4.78 is 1.76. The molecule has 0 N–H and O–H groups in total. The van der Waals surface area contributed by atoms with Gasteiger partial charge in [0, 0.05) is 16.5 Å². The van der Waals surface area contributed by atoms with Gasteiger partial charge in [0.15, 0.2) is 0 Å². The van der Waals surface area contributed by atoms with Gasteiger partial charge in [0.25, 0.3) is 0 Å². The van der Waals surface area contributed by atoms with Crippen LogP contribution in [-0.2, 0) is 9.68 Å². The van der Waals surface area contributed by atoms with Gasteiger partial charge in [-0.15, -0.1) is 4.58 Å². The second-order valence-electron chi connectivity index (χ2n) is 4.20. The van der Waals surface area contributed by atoms with E-state index in [2.05, 4.69) is 33.0 Å². The molecule has 2 unspecified atom stereocenters. The highest BCUT2D eigenvalue weighted by atomic mass is 17.0. The fraction of sp³-hybridized carbons (Fsp3) is 0.267. The van der Waals surface area contributed by atoms with E-state index in [1.165, 1.54) is 0 Å². The van der Waals surface area contributed by atoms with E-state index in [-0.39, 0.29) is 17.0 Å². The number of rotatable bonds is 8. The van der Waals surface area contributed by atoms with Crippen LogP contribution in [0.3, 0.4) is 0 Å². The first-order chi connectivity index (χ1) is 8.99. The zero-order valence-corrected chi connectivity index (χ0v) is 11.7. The predicted octanol–water partition coefficient (Wildman–Crippen LogP) is 2.35. The topological polar surface area (TPSA) is 21.5 Å². The van der Waals surface area contributed by atoms with Crippen molar-refractivity contribution in [2.45, 2.75) is 12.2 Å². The Bertz CT molecular complexity index is 459. The highest BCUT2D eigenvalue weighted by Gasteiger charge is 2.81. The molecule has 0 aromatic rings. The van der Waals surface area contributed by atoms with Crippen molar-refractivity contribution in [1.29, 1.82) is 0 Å². The van der Waals surface area contributed by atoms with Crippen molar-refractivity contribution >= 4 is 6.72 Å². The van der Waals surface area contributed by atoms with E-state index >= 15 is 0 Å². The van der Waals surface area contributed by atoms with E-state index in [0.29, 0.717) is 0 Å². The lowest BCUT2D eigenvalue weighted by Crippen LogP contribution is -2.31.